The molecular weight excluding hydrogens is 199 g/mol. The Kier molecular flexibility index (Phi) is 1.77. The first kappa shape index (κ1) is 7.02. The monoisotopic (exact) mass is 208 g/mol. The third kappa shape index (κ3) is 1.22. The first-order valence-electron chi connectivity index (χ1n) is 3.67. The standard InChI is InChI=1S/C10H8Se/c11-10-7-3-5-8-4-1-2-6-9(8)10/h1-6H,7H2. The molecule has 0 spiro atoms. The zero-order chi connectivity index (χ0) is 7.68. The second-order valence-corrected chi connectivity index (χ2v) is 3.65. The molecule has 1 aliphatic rings. The summed E-state index contributed by atoms with van der Waals surface area (Å²) < 4.78 is 1.35. The van der Waals surface area contributed by atoms with E-state index in [9.17, 15) is 0 Å². The van der Waals surface area contributed by atoms with Crippen molar-refractivity contribution in [2.45, 2.75) is 6.42 Å². The molecule has 0 nitrogen and oxygen atoms in total. The molecule has 0 atom stereocenters. The van der Waals surface area contributed by atoms with E-state index in [2.05, 4.69) is 52.0 Å². The summed E-state index contributed by atoms with van der Waals surface area (Å²) in [5.74, 6) is 0. The van der Waals surface area contributed by atoms with Crippen LogP contribution in [-0.2, 0) is 0 Å². The molecular formula is C10H8Se. The molecule has 0 aromatic heterocycles. The first-order valence-corrected chi connectivity index (χ1v) is 4.52. The van der Waals surface area contributed by atoms with Gasteiger partial charge in [0, 0.05) is 0 Å². The van der Waals surface area contributed by atoms with E-state index >= 15 is 0 Å². The van der Waals surface area contributed by atoms with E-state index in [1.54, 1.807) is 0 Å². The maximum absolute atomic E-state index is 3.10. The molecule has 1 aliphatic carbocycles. The predicted molar refractivity (Wildman–Crippen MR) is 50.0 cm³/mol. The first-order chi connectivity index (χ1) is 5.38. The Morgan fingerprint density at radius 3 is 2.82 bits per heavy atom. The molecule has 2 rings (SSSR count). The fourth-order valence-corrected chi connectivity index (χ4v) is 1.89. The Labute approximate surface area is 74.3 Å². The Bertz CT molecular complexity index is 323. The van der Waals surface area contributed by atoms with Gasteiger partial charge in [-0.15, -0.1) is 0 Å². The zero-order valence-electron chi connectivity index (χ0n) is 6.08. The summed E-state index contributed by atoms with van der Waals surface area (Å²) in [5, 5.41) is 0. The molecule has 0 heterocycles. The number of benzene rings is 1. The summed E-state index contributed by atoms with van der Waals surface area (Å²) in [4.78, 5) is 0. The van der Waals surface area contributed by atoms with Crippen molar-refractivity contribution in [3.63, 3.8) is 0 Å². The Balaban J connectivity index is 2.63. The van der Waals surface area contributed by atoms with E-state index < -0.39 is 0 Å². The SMILES string of the molecule is [Se]=C1CC=Cc2ccccc21. The van der Waals surface area contributed by atoms with Crippen molar-refractivity contribution in [1.29, 1.82) is 0 Å². The van der Waals surface area contributed by atoms with Crippen molar-refractivity contribution < 1.29 is 0 Å². The molecule has 0 fully saturated rings. The van der Waals surface area contributed by atoms with Crippen LogP contribution in [-0.4, -0.2) is 20.0 Å². The summed E-state index contributed by atoms with van der Waals surface area (Å²) in [5.41, 5.74) is 2.68. The third-order valence-electron chi connectivity index (χ3n) is 1.86. The van der Waals surface area contributed by atoms with Gasteiger partial charge in [0.1, 0.15) is 0 Å². The van der Waals surface area contributed by atoms with E-state index in [1.807, 2.05) is 0 Å². The van der Waals surface area contributed by atoms with Gasteiger partial charge >= 0.3 is 74.0 Å². The van der Waals surface area contributed by atoms with Gasteiger partial charge in [-0.1, -0.05) is 0 Å². The molecule has 1 heteroatoms. The van der Waals surface area contributed by atoms with E-state index in [-0.39, 0.29) is 0 Å². The molecule has 0 saturated heterocycles. The average Bonchev–Trinajstić information content (AvgIpc) is 2.06. The summed E-state index contributed by atoms with van der Waals surface area (Å²) in [6.45, 7) is 0. The quantitative estimate of drug-likeness (QED) is 0.569. The van der Waals surface area contributed by atoms with Gasteiger partial charge in [-0.2, -0.15) is 0 Å². The van der Waals surface area contributed by atoms with Gasteiger partial charge in [0.25, 0.3) is 0 Å². The molecule has 1 aromatic rings. The number of hydrogen-bond acceptors (Lipinski definition) is 0. The normalized spacial score (nSPS) is 14.7. The van der Waals surface area contributed by atoms with Crippen LogP contribution in [0.25, 0.3) is 6.08 Å². The van der Waals surface area contributed by atoms with Crippen LogP contribution in [0.4, 0.5) is 0 Å². The summed E-state index contributed by atoms with van der Waals surface area (Å²) in [6.07, 6.45) is 5.42. The van der Waals surface area contributed by atoms with E-state index in [4.69, 9.17) is 0 Å². The van der Waals surface area contributed by atoms with Crippen molar-refractivity contribution in [2.24, 2.45) is 0 Å². The minimum atomic E-state index is 1.05. The Hall–Kier alpha value is -0.651. The topological polar surface area (TPSA) is 0 Å². The average molecular weight is 207 g/mol. The minimum absolute atomic E-state index is 1.05. The van der Waals surface area contributed by atoms with Crippen LogP contribution in [0.3, 0.4) is 0 Å². The van der Waals surface area contributed by atoms with Gasteiger partial charge in [0.15, 0.2) is 0 Å². The van der Waals surface area contributed by atoms with Gasteiger partial charge in [0.05, 0.1) is 0 Å². The van der Waals surface area contributed by atoms with Crippen LogP contribution in [0.1, 0.15) is 17.5 Å². The number of allylic oxidation sites excluding steroid dienone is 1. The molecule has 0 bridgehead atoms. The van der Waals surface area contributed by atoms with Crippen LogP contribution in [0.15, 0.2) is 30.3 Å². The predicted octanol–water partition coefficient (Wildman–Crippen LogP) is 1.79. The summed E-state index contributed by atoms with van der Waals surface area (Å²) in [6, 6.07) is 8.45. The number of rotatable bonds is 0. The molecule has 11 heavy (non-hydrogen) atoms. The van der Waals surface area contributed by atoms with Gasteiger partial charge in [-0.25, -0.2) is 0 Å². The van der Waals surface area contributed by atoms with E-state index in [1.165, 1.54) is 15.5 Å². The van der Waals surface area contributed by atoms with Crippen LogP contribution in [0, 0.1) is 0 Å². The summed E-state index contributed by atoms with van der Waals surface area (Å²) in [7, 11) is 0. The second-order valence-electron chi connectivity index (χ2n) is 2.62. The van der Waals surface area contributed by atoms with Crippen molar-refractivity contribution in [3.05, 3.63) is 41.5 Å². The van der Waals surface area contributed by atoms with Crippen LogP contribution < -0.4 is 0 Å². The Morgan fingerprint density at radius 2 is 2.00 bits per heavy atom. The molecule has 0 radical (unpaired) electrons. The fraction of sp³-hybridized carbons (Fsp3) is 0.100. The van der Waals surface area contributed by atoms with E-state index in [0.29, 0.717) is 0 Å². The third-order valence-corrected chi connectivity index (χ3v) is 2.67. The molecule has 0 N–H and O–H groups in total. The molecule has 0 unspecified atom stereocenters. The second kappa shape index (κ2) is 2.77. The van der Waals surface area contributed by atoms with Crippen LogP contribution in [0.5, 0.6) is 0 Å². The van der Waals surface area contributed by atoms with Gasteiger partial charge in [-0.3, -0.25) is 0 Å². The van der Waals surface area contributed by atoms with Crippen LogP contribution in [0.2, 0.25) is 0 Å². The Morgan fingerprint density at radius 1 is 1.18 bits per heavy atom. The number of hydrogen-bond donors (Lipinski definition) is 0. The maximum atomic E-state index is 3.10. The van der Waals surface area contributed by atoms with Gasteiger partial charge in [0.2, 0.25) is 0 Å². The molecule has 0 amide bonds. The van der Waals surface area contributed by atoms with Gasteiger partial charge < -0.3 is 0 Å². The van der Waals surface area contributed by atoms with Gasteiger partial charge in [-0.05, 0) is 0 Å². The molecule has 0 aliphatic heterocycles. The number of fused-ring (bicyclic) bond motifs is 1. The molecule has 1 aromatic carbocycles. The van der Waals surface area contributed by atoms with Crippen molar-refractivity contribution in [2.75, 3.05) is 0 Å². The molecule has 0 saturated carbocycles. The zero-order valence-corrected chi connectivity index (χ0v) is 7.79. The molecule has 54 valence electrons. The van der Waals surface area contributed by atoms with Crippen molar-refractivity contribution in [3.8, 4) is 0 Å². The van der Waals surface area contributed by atoms with E-state index in [0.717, 1.165) is 6.42 Å². The van der Waals surface area contributed by atoms with Crippen molar-refractivity contribution in [1.82, 2.24) is 0 Å². The fourth-order valence-electron chi connectivity index (χ4n) is 1.30. The summed E-state index contributed by atoms with van der Waals surface area (Å²) >= 11 is 3.10. The van der Waals surface area contributed by atoms with Crippen LogP contribution >= 0.6 is 0 Å². The van der Waals surface area contributed by atoms with Crippen molar-refractivity contribution >= 4 is 26.1 Å².